The fraction of sp³-hybridized carbons (Fsp3) is 0.474. The van der Waals surface area contributed by atoms with E-state index in [4.69, 9.17) is 0 Å². The number of carboxylic acids is 1. The molecule has 1 heterocycles. The fourth-order valence-electron chi connectivity index (χ4n) is 4.56. The van der Waals surface area contributed by atoms with Crippen molar-refractivity contribution in [3.8, 4) is 0 Å². The van der Waals surface area contributed by atoms with Crippen LogP contribution >= 0.6 is 0 Å². The number of carbonyl (C=O) groups is 2. The smallest absolute Gasteiger partial charge is 0.307 e. The van der Waals surface area contributed by atoms with Gasteiger partial charge in [-0.1, -0.05) is 36.4 Å². The minimum atomic E-state index is -0.820. The Kier molecular flexibility index (Phi) is 3.47. The van der Waals surface area contributed by atoms with E-state index in [-0.39, 0.29) is 23.7 Å². The lowest BCUT2D eigenvalue weighted by Crippen LogP contribution is -2.51. The standard InChI is InChI=1S/C19H21NO3/c21-18(20-10-9-12-3-1-2-4-15(12)11-20)16-13-5-7-14(8-6-13)17(16)19(22)23/h1-5,7,13-14,16-17H,6,8-11H2,(H,22,23). The molecule has 1 aliphatic heterocycles. The van der Waals surface area contributed by atoms with Gasteiger partial charge in [0.25, 0.3) is 0 Å². The third kappa shape index (κ3) is 2.37. The quantitative estimate of drug-likeness (QED) is 0.854. The Hall–Kier alpha value is -2.10. The predicted molar refractivity (Wildman–Crippen MR) is 85.5 cm³/mol. The highest BCUT2D eigenvalue weighted by Crippen LogP contribution is 2.46. The molecule has 0 saturated heterocycles. The van der Waals surface area contributed by atoms with E-state index in [1.54, 1.807) is 0 Å². The van der Waals surface area contributed by atoms with Gasteiger partial charge in [0.15, 0.2) is 0 Å². The molecule has 4 nitrogen and oxygen atoms in total. The molecule has 4 aliphatic rings. The predicted octanol–water partition coefficient (Wildman–Crippen LogP) is 2.48. The van der Waals surface area contributed by atoms with E-state index in [0.717, 1.165) is 19.3 Å². The molecule has 1 fully saturated rings. The van der Waals surface area contributed by atoms with Gasteiger partial charge in [-0.15, -0.1) is 0 Å². The van der Waals surface area contributed by atoms with Gasteiger partial charge in [0.2, 0.25) is 5.91 Å². The van der Waals surface area contributed by atoms with E-state index >= 15 is 0 Å². The Morgan fingerprint density at radius 1 is 1.00 bits per heavy atom. The van der Waals surface area contributed by atoms with Crippen LogP contribution in [0.3, 0.4) is 0 Å². The summed E-state index contributed by atoms with van der Waals surface area (Å²) < 4.78 is 0. The van der Waals surface area contributed by atoms with Gasteiger partial charge in [0.1, 0.15) is 0 Å². The summed E-state index contributed by atoms with van der Waals surface area (Å²) in [5.74, 6) is -1.62. The first kappa shape index (κ1) is 14.5. The number of hydrogen-bond donors (Lipinski definition) is 1. The van der Waals surface area contributed by atoms with E-state index < -0.39 is 11.9 Å². The maximum Gasteiger partial charge on any atom is 0.307 e. The van der Waals surface area contributed by atoms with Crippen LogP contribution in [0.2, 0.25) is 0 Å². The molecule has 1 saturated carbocycles. The molecule has 1 N–H and O–H groups in total. The molecule has 2 bridgehead atoms. The van der Waals surface area contributed by atoms with Crippen LogP contribution in [0.5, 0.6) is 0 Å². The van der Waals surface area contributed by atoms with Gasteiger partial charge in [-0.05, 0) is 42.2 Å². The van der Waals surface area contributed by atoms with Gasteiger partial charge >= 0.3 is 5.97 Å². The normalized spacial score (nSPS) is 31.7. The van der Waals surface area contributed by atoms with Crippen molar-refractivity contribution in [1.29, 1.82) is 0 Å². The molecular weight excluding hydrogens is 290 g/mol. The Labute approximate surface area is 135 Å². The Morgan fingerprint density at radius 2 is 1.65 bits per heavy atom. The largest absolute Gasteiger partial charge is 0.481 e. The van der Waals surface area contributed by atoms with Crippen LogP contribution in [0.4, 0.5) is 0 Å². The van der Waals surface area contributed by atoms with Gasteiger partial charge in [-0.3, -0.25) is 9.59 Å². The molecule has 0 radical (unpaired) electrons. The van der Waals surface area contributed by atoms with E-state index in [1.807, 2.05) is 23.1 Å². The molecular formula is C19H21NO3. The van der Waals surface area contributed by atoms with Crippen molar-refractivity contribution in [3.05, 3.63) is 47.5 Å². The number of benzene rings is 1. The van der Waals surface area contributed by atoms with Crippen LogP contribution in [0, 0.1) is 23.7 Å². The van der Waals surface area contributed by atoms with Crippen molar-refractivity contribution < 1.29 is 14.7 Å². The molecule has 3 aliphatic carbocycles. The molecule has 4 atom stereocenters. The van der Waals surface area contributed by atoms with Crippen LogP contribution in [0.25, 0.3) is 0 Å². The van der Waals surface area contributed by atoms with Gasteiger partial charge in [0.05, 0.1) is 11.8 Å². The summed E-state index contributed by atoms with van der Waals surface area (Å²) in [6.07, 6.45) is 6.78. The zero-order valence-corrected chi connectivity index (χ0v) is 13.0. The van der Waals surface area contributed by atoms with E-state index in [0.29, 0.717) is 13.1 Å². The molecule has 4 heteroatoms. The van der Waals surface area contributed by atoms with Crippen molar-refractivity contribution in [3.63, 3.8) is 0 Å². The zero-order chi connectivity index (χ0) is 16.0. The van der Waals surface area contributed by atoms with Crippen molar-refractivity contribution in [1.82, 2.24) is 4.90 Å². The first-order chi connectivity index (χ1) is 11.1. The Morgan fingerprint density at radius 3 is 2.30 bits per heavy atom. The third-order valence-electron chi connectivity index (χ3n) is 5.76. The number of aliphatic carboxylic acids is 1. The van der Waals surface area contributed by atoms with Gasteiger partial charge in [-0.25, -0.2) is 0 Å². The van der Waals surface area contributed by atoms with E-state index in [1.165, 1.54) is 11.1 Å². The lowest BCUT2D eigenvalue weighted by atomic mass is 9.61. The van der Waals surface area contributed by atoms with E-state index in [2.05, 4.69) is 18.2 Å². The second kappa shape index (κ2) is 5.52. The second-order valence-corrected chi connectivity index (χ2v) is 6.96. The molecule has 1 amide bonds. The molecule has 1 aromatic carbocycles. The lowest BCUT2D eigenvalue weighted by molar-refractivity contribution is -0.157. The minimum Gasteiger partial charge on any atom is -0.481 e. The number of rotatable bonds is 2. The average molecular weight is 311 g/mol. The van der Waals surface area contributed by atoms with E-state index in [9.17, 15) is 14.7 Å². The molecule has 0 spiro atoms. The van der Waals surface area contributed by atoms with Crippen molar-refractivity contribution in [2.75, 3.05) is 6.54 Å². The highest BCUT2D eigenvalue weighted by molar-refractivity contribution is 5.86. The van der Waals surface area contributed by atoms with Crippen molar-refractivity contribution >= 4 is 11.9 Å². The maximum absolute atomic E-state index is 13.1. The molecule has 120 valence electrons. The number of carboxylic acid groups (broad SMARTS) is 1. The SMILES string of the molecule is O=C(O)C1C2C=CC(CC2)C1C(=O)N1CCc2ccccc2C1. The van der Waals surface area contributed by atoms with Crippen LogP contribution in [-0.2, 0) is 22.6 Å². The van der Waals surface area contributed by atoms with Crippen molar-refractivity contribution in [2.24, 2.45) is 23.7 Å². The lowest BCUT2D eigenvalue weighted by Gasteiger charge is -2.44. The third-order valence-corrected chi connectivity index (χ3v) is 5.76. The first-order valence-corrected chi connectivity index (χ1v) is 8.42. The summed E-state index contributed by atoms with van der Waals surface area (Å²) in [6.45, 7) is 1.30. The number of nitrogens with zero attached hydrogens (tertiary/aromatic N) is 1. The average Bonchev–Trinajstić information content (AvgIpc) is 2.60. The van der Waals surface area contributed by atoms with Crippen molar-refractivity contribution in [2.45, 2.75) is 25.8 Å². The molecule has 1 aromatic rings. The monoisotopic (exact) mass is 311 g/mol. The van der Waals surface area contributed by atoms with Crippen LogP contribution in [-0.4, -0.2) is 28.4 Å². The number of amides is 1. The highest BCUT2D eigenvalue weighted by Gasteiger charge is 2.49. The summed E-state index contributed by atoms with van der Waals surface area (Å²) in [5.41, 5.74) is 2.49. The molecule has 4 unspecified atom stereocenters. The Balaban J connectivity index is 1.59. The molecule has 0 aromatic heterocycles. The Bertz CT molecular complexity index is 681. The number of fused-ring (bicyclic) bond motifs is 3. The summed E-state index contributed by atoms with van der Waals surface area (Å²) in [4.78, 5) is 26.7. The molecule has 23 heavy (non-hydrogen) atoms. The summed E-state index contributed by atoms with van der Waals surface area (Å²) in [6, 6.07) is 8.21. The number of carbonyl (C=O) groups excluding carboxylic acids is 1. The minimum absolute atomic E-state index is 0.0172. The van der Waals surface area contributed by atoms with Gasteiger partial charge in [0, 0.05) is 13.1 Å². The summed E-state index contributed by atoms with van der Waals surface area (Å²) in [5, 5.41) is 9.63. The van der Waals surface area contributed by atoms with Gasteiger partial charge in [-0.2, -0.15) is 0 Å². The topological polar surface area (TPSA) is 57.6 Å². The van der Waals surface area contributed by atoms with Crippen LogP contribution < -0.4 is 0 Å². The van der Waals surface area contributed by atoms with Crippen LogP contribution in [0.15, 0.2) is 36.4 Å². The first-order valence-electron chi connectivity index (χ1n) is 8.42. The number of hydrogen-bond acceptors (Lipinski definition) is 2. The fourth-order valence-corrected chi connectivity index (χ4v) is 4.56. The van der Waals surface area contributed by atoms with Crippen LogP contribution in [0.1, 0.15) is 24.0 Å². The summed E-state index contributed by atoms with van der Waals surface area (Å²) in [7, 11) is 0. The number of allylic oxidation sites excluding steroid dienone is 2. The zero-order valence-electron chi connectivity index (χ0n) is 13.0. The second-order valence-electron chi connectivity index (χ2n) is 6.96. The van der Waals surface area contributed by atoms with Gasteiger partial charge < -0.3 is 10.0 Å². The highest BCUT2D eigenvalue weighted by atomic mass is 16.4. The molecule has 5 rings (SSSR count). The maximum atomic E-state index is 13.1. The summed E-state index contributed by atoms with van der Waals surface area (Å²) >= 11 is 0.